The Kier molecular flexibility index (Phi) is 8.99. The van der Waals surface area contributed by atoms with Gasteiger partial charge in [-0.2, -0.15) is 0 Å². The van der Waals surface area contributed by atoms with E-state index in [0.717, 1.165) is 53.5 Å². The number of ether oxygens (including phenoxy) is 1. The maximum atomic E-state index is 13.8. The molecule has 5 heteroatoms. The largest absolute Gasteiger partial charge is 0.484 e. The van der Waals surface area contributed by atoms with Gasteiger partial charge in [-0.3, -0.25) is 9.59 Å². The van der Waals surface area contributed by atoms with Gasteiger partial charge in [-0.25, -0.2) is 0 Å². The predicted molar refractivity (Wildman–Crippen MR) is 147 cm³/mol. The molecule has 0 heterocycles. The summed E-state index contributed by atoms with van der Waals surface area (Å²) in [5.74, 6) is 0.362. The van der Waals surface area contributed by atoms with Crippen molar-refractivity contribution in [1.29, 1.82) is 0 Å². The van der Waals surface area contributed by atoms with E-state index in [4.69, 9.17) is 4.74 Å². The van der Waals surface area contributed by atoms with Gasteiger partial charge in [-0.15, -0.1) is 0 Å². The van der Waals surface area contributed by atoms with Crippen LogP contribution in [-0.2, 0) is 22.6 Å². The fourth-order valence-electron chi connectivity index (χ4n) is 5.06. The van der Waals surface area contributed by atoms with Crippen LogP contribution in [0.15, 0.2) is 72.8 Å². The summed E-state index contributed by atoms with van der Waals surface area (Å²) in [4.78, 5) is 29.2. The van der Waals surface area contributed by atoms with Gasteiger partial charge >= 0.3 is 0 Å². The van der Waals surface area contributed by atoms with Gasteiger partial charge in [0.1, 0.15) is 11.8 Å². The number of nitrogens with zero attached hydrogens (tertiary/aromatic N) is 1. The van der Waals surface area contributed by atoms with Gasteiger partial charge in [0, 0.05) is 19.0 Å². The SMILES string of the molecule is Cc1ccc(CN(C(=O)COc2cc(C)cc(C)c2)[C@@H](Cc2ccccc2)C(=O)NC2CCCC2)cc1. The molecule has 1 aliphatic carbocycles. The lowest BCUT2D eigenvalue weighted by Gasteiger charge is -2.32. The number of rotatable bonds is 10. The van der Waals surface area contributed by atoms with Gasteiger partial charge < -0.3 is 15.0 Å². The van der Waals surface area contributed by atoms with Crippen LogP contribution in [0.2, 0.25) is 0 Å². The van der Waals surface area contributed by atoms with Gasteiger partial charge in [0.05, 0.1) is 0 Å². The highest BCUT2D eigenvalue weighted by atomic mass is 16.5. The highest BCUT2D eigenvalue weighted by Crippen LogP contribution is 2.21. The zero-order chi connectivity index (χ0) is 26.2. The quantitative estimate of drug-likeness (QED) is 0.391. The maximum Gasteiger partial charge on any atom is 0.261 e. The molecule has 0 spiro atoms. The van der Waals surface area contributed by atoms with Gasteiger partial charge in [0.25, 0.3) is 5.91 Å². The van der Waals surface area contributed by atoms with Crippen molar-refractivity contribution >= 4 is 11.8 Å². The Hall–Kier alpha value is -3.60. The highest BCUT2D eigenvalue weighted by Gasteiger charge is 2.32. The number of amides is 2. The topological polar surface area (TPSA) is 58.6 Å². The first-order chi connectivity index (χ1) is 17.9. The second-order valence-corrected chi connectivity index (χ2v) is 10.3. The lowest BCUT2D eigenvalue weighted by atomic mass is 10.0. The van der Waals surface area contributed by atoms with Crippen molar-refractivity contribution < 1.29 is 14.3 Å². The summed E-state index contributed by atoms with van der Waals surface area (Å²) in [6.07, 6.45) is 4.69. The van der Waals surface area contributed by atoms with Crippen LogP contribution in [0.1, 0.15) is 53.5 Å². The zero-order valence-corrected chi connectivity index (χ0v) is 22.2. The summed E-state index contributed by atoms with van der Waals surface area (Å²) in [5.41, 5.74) is 5.32. The Balaban J connectivity index is 1.61. The van der Waals surface area contributed by atoms with Gasteiger partial charge in [-0.1, -0.05) is 79.1 Å². The Morgan fingerprint density at radius 1 is 0.865 bits per heavy atom. The number of aryl methyl sites for hydroxylation is 3. The monoisotopic (exact) mass is 498 g/mol. The Bertz CT molecular complexity index is 1160. The highest BCUT2D eigenvalue weighted by molar-refractivity contribution is 5.88. The van der Waals surface area contributed by atoms with Crippen LogP contribution in [-0.4, -0.2) is 35.4 Å². The predicted octanol–water partition coefficient (Wildman–Crippen LogP) is 5.69. The lowest BCUT2D eigenvalue weighted by Crippen LogP contribution is -2.53. The summed E-state index contributed by atoms with van der Waals surface area (Å²) in [6.45, 7) is 6.27. The molecule has 0 radical (unpaired) electrons. The molecule has 4 rings (SSSR count). The summed E-state index contributed by atoms with van der Waals surface area (Å²) in [7, 11) is 0. The molecule has 5 nitrogen and oxygen atoms in total. The summed E-state index contributed by atoms with van der Waals surface area (Å²) in [6, 6.07) is 23.5. The molecule has 0 unspecified atom stereocenters. The first kappa shape index (κ1) is 26.5. The summed E-state index contributed by atoms with van der Waals surface area (Å²) >= 11 is 0. The van der Waals surface area contributed by atoms with E-state index in [1.54, 1.807) is 4.90 Å². The van der Waals surface area contributed by atoms with Crippen molar-refractivity contribution in [2.45, 2.75) is 71.5 Å². The Labute approximate surface area is 220 Å². The normalized spacial score (nSPS) is 14.2. The van der Waals surface area contributed by atoms with Crippen molar-refractivity contribution in [2.75, 3.05) is 6.61 Å². The molecular formula is C32H38N2O3. The van der Waals surface area contributed by atoms with Crippen LogP contribution in [0.25, 0.3) is 0 Å². The molecule has 37 heavy (non-hydrogen) atoms. The number of benzene rings is 3. The summed E-state index contributed by atoms with van der Waals surface area (Å²) in [5, 5.41) is 3.24. The second kappa shape index (κ2) is 12.6. The standard InChI is InChI=1S/C32H38N2O3/c1-23-13-15-27(16-14-23)21-34(31(35)22-37-29-18-24(2)17-25(3)19-29)30(20-26-9-5-4-6-10-26)32(36)33-28-11-7-8-12-28/h4-6,9-10,13-19,28,30H,7-8,11-12,20-22H2,1-3H3,(H,33,36)/t30-/m0/s1. The smallest absolute Gasteiger partial charge is 0.261 e. The van der Waals surface area contributed by atoms with Crippen molar-refractivity contribution in [2.24, 2.45) is 0 Å². The van der Waals surface area contributed by atoms with Crippen LogP contribution in [0, 0.1) is 20.8 Å². The van der Waals surface area contributed by atoms with E-state index in [-0.39, 0.29) is 24.5 Å². The van der Waals surface area contributed by atoms with E-state index in [1.807, 2.05) is 87.5 Å². The second-order valence-electron chi connectivity index (χ2n) is 10.3. The van der Waals surface area contributed by atoms with Gasteiger partial charge in [0.2, 0.25) is 5.91 Å². The molecule has 1 fully saturated rings. The van der Waals surface area contributed by atoms with Crippen LogP contribution in [0.3, 0.4) is 0 Å². The number of nitrogens with one attached hydrogen (secondary N) is 1. The molecule has 1 saturated carbocycles. The first-order valence-electron chi connectivity index (χ1n) is 13.3. The van der Waals surface area contributed by atoms with Crippen molar-refractivity contribution in [3.05, 3.63) is 101 Å². The van der Waals surface area contributed by atoms with Crippen LogP contribution in [0.5, 0.6) is 5.75 Å². The molecule has 0 aliphatic heterocycles. The van der Waals surface area contributed by atoms with Crippen LogP contribution < -0.4 is 10.1 Å². The van der Waals surface area contributed by atoms with Gasteiger partial charge in [-0.05, 0) is 68.0 Å². The molecule has 0 saturated heterocycles. The molecule has 0 bridgehead atoms. The molecule has 3 aromatic rings. The van der Waals surface area contributed by atoms with Crippen molar-refractivity contribution in [1.82, 2.24) is 10.2 Å². The molecule has 194 valence electrons. The van der Waals surface area contributed by atoms with Crippen LogP contribution >= 0.6 is 0 Å². The molecule has 0 aromatic heterocycles. The third-order valence-corrected chi connectivity index (χ3v) is 7.00. The number of hydrogen-bond donors (Lipinski definition) is 1. The van der Waals surface area contributed by atoms with E-state index < -0.39 is 6.04 Å². The Morgan fingerprint density at radius 2 is 1.51 bits per heavy atom. The lowest BCUT2D eigenvalue weighted by molar-refractivity contribution is -0.143. The van der Waals surface area contributed by atoms with Crippen molar-refractivity contribution in [3.63, 3.8) is 0 Å². The minimum atomic E-state index is -0.639. The zero-order valence-electron chi connectivity index (χ0n) is 22.2. The minimum Gasteiger partial charge on any atom is -0.484 e. The van der Waals surface area contributed by atoms with E-state index in [2.05, 4.69) is 11.4 Å². The average Bonchev–Trinajstić information content (AvgIpc) is 3.39. The average molecular weight is 499 g/mol. The van der Waals surface area contributed by atoms with E-state index >= 15 is 0 Å². The summed E-state index contributed by atoms with van der Waals surface area (Å²) < 4.78 is 5.96. The molecule has 1 atom stereocenters. The van der Waals surface area contributed by atoms with E-state index in [0.29, 0.717) is 18.7 Å². The number of carbonyl (C=O) groups is 2. The minimum absolute atomic E-state index is 0.0948. The Morgan fingerprint density at radius 3 is 2.16 bits per heavy atom. The third-order valence-electron chi connectivity index (χ3n) is 7.00. The number of carbonyl (C=O) groups excluding carboxylic acids is 2. The number of hydrogen-bond acceptors (Lipinski definition) is 3. The van der Waals surface area contributed by atoms with Gasteiger partial charge in [0.15, 0.2) is 6.61 Å². The van der Waals surface area contributed by atoms with Crippen LogP contribution in [0.4, 0.5) is 0 Å². The molecular weight excluding hydrogens is 460 g/mol. The van der Waals surface area contributed by atoms with E-state index in [9.17, 15) is 9.59 Å². The fourth-order valence-corrected chi connectivity index (χ4v) is 5.06. The molecule has 2 amide bonds. The first-order valence-corrected chi connectivity index (χ1v) is 13.3. The molecule has 1 aliphatic rings. The third kappa shape index (κ3) is 7.69. The fraction of sp³-hybridized carbons (Fsp3) is 0.375. The molecule has 1 N–H and O–H groups in total. The van der Waals surface area contributed by atoms with E-state index in [1.165, 1.54) is 0 Å². The maximum absolute atomic E-state index is 13.8. The van der Waals surface area contributed by atoms with Crippen molar-refractivity contribution in [3.8, 4) is 5.75 Å². The molecule has 3 aromatic carbocycles.